The van der Waals surface area contributed by atoms with E-state index in [2.05, 4.69) is 36.1 Å². The molecular formula is C22H34N4O2S. The molecule has 7 heteroatoms. The van der Waals surface area contributed by atoms with E-state index in [1.165, 1.54) is 38.5 Å². The predicted octanol–water partition coefficient (Wildman–Crippen LogP) is 6.08. The monoisotopic (exact) mass is 418 g/mol. The lowest BCUT2D eigenvalue weighted by Gasteiger charge is -2.11. The molecule has 29 heavy (non-hydrogen) atoms. The summed E-state index contributed by atoms with van der Waals surface area (Å²) in [7, 11) is 1.65. The summed E-state index contributed by atoms with van der Waals surface area (Å²) in [6.45, 7) is 7.06. The number of aromatic nitrogens is 3. The molecule has 0 amide bonds. The number of hydrogen-bond donors (Lipinski definition) is 1. The Morgan fingerprint density at radius 2 is 1.86 bits per heavy atom. The van der Waals surface area contributed by atoms with Gasteiger partial charge in [-0.2, -0.15) is 14.9 Å². The summed E-state index contributed by atoms with van der Waals surface area (Å²) in [5, 5.41) is 11.5. The molecule has 0 atom stereocenters. The smallest absolute Gasteiger partial charge is 0.216 e. The van der Waals surface area contributed by atoms with Crippen LogP contribution in [0.4, 0.5) is 0 Å². The van der Waals surface area contributed by atoms with Crippen molar-refractivity contribution in [1.29, 1.82) is 0 Å². The molecule has 1 heterocycles. The highest BCUT2D eigenvalue weighted by molar-refractivity contribution is 7.71. The van der Waals surface area contributed by atoms with Gasteiger partial charge in [0, 0.05) is 5.92 Å². The normalized spacial score (nSPS) is 11.5. The molecule has 1 aromatic heterocycles. The van der Waals surface area contributed by atoms with Gasteiger partial charge in [-0.05, 0) is 42.4 Å². The Hall–Kier alpha value is -2.15. The average Bonchev–Trinajstić information content (AvgIpc) is 3.09. The van der Waals surface area contributed by atoms with Crippen LogP contribution in [0.15, 0.2) is 23.3 Å². The lowest BCUT2D eigenvalue weighted by molar-refractivity contribution is 0.284. The molecule has 0 saturated heterocycles. The van der Waals surface area contributed by atoms with Crippen LogP contribution in [-0.2, 0) is 0 Å². The maximum absolute atomic E-state index is 5.92. The zero-order valence-corrected chi connectivity index (χ0v) is 18.9. The summed E-state index contributed by atoms with van der Waals surface area (Å²) in [6.07, 6.45) is 10.6. The molecule has 0 aliphatic heterocycles. The molecule has 0 spiro atoms. The molecule has 1 N–H and O–H groups in total. The van der Waals surface area contributed by atoms with Crippen LogP contribution in [0.3, 0.4) is 0 Å². The summed E-state index contributed by atoms with van der Waals surface area (Å²) < 4.78 is 13.6. The van der Waals surface area contributed by atoms with E-state index < -0.39 is 0 Å². The molecule has 0 bridgehead atoms. The van der Waals surface area contributed by atoms with Crippen LogP contribution < -0.4 is 9.47 Å². The minimum absolute atomic E-state index is 0.219. The van der Waals surface area contributed by atoms with Gasteiger partial charge in [-0.1, -0.05) is 59.3 Å². The van der Waals surface area contributed by atoms with E-state index in [4.69, 9.17) is 21.7 Å². The first kappa shape index (κ1) is 23.1. The fourth-order valence-electron chi connectivity index (χ4n) is 3.04. The zero-order chi connectivity index (χ0) is 21.1. The minimum Gasteiger partial charge on any atom is -0.493 e. The fraction of sp³-hybridized carbons (Fsp3) is 0.591. The van der Waals surface area contributed by atoms with Gasteiger partial charge in [0.25, 0.3) is 0 Å². The molecule has 0 fully saturated rings. The standard InChI is InChI=1S/C22H34N4O2S/c1-5-6-7-8-9-10-11-14-28-19-13-12-18(15-20(19)27-4)16-23-26-21(17(2)3)24-25-22(26)29/h12-13,15-17H,5-11,14H2,1-4H3,(H,25,29)/b23-16-. The van der Waals surface area contributed by atoms with Crippen molar-refractivity contribution in [2.24, 2.45) is 5.10 Å². The van der Waals surface area contributed by atoms with E-state index in [0.717, 1.165) is 23.6 Å². The number of nitrogens with one attached hydrogen (secondary N) is 1. The van der Waals surface area contributed by atoms with Crippen molar-refractivity contribution >= 4 is 18.4 Å². The second-order valence-electron chi connectivity index (χ2n) is 7.48. The van der Waals surface area contributed by atoms with Crippen LogP contribution in [-0.4, -0.2) is 34.8 Å². The topological polar surface area (TPSA) is 64.4 Å². The second-order valence-corrected chi connectivity index (χ2v) is 7.86. The third kappa shape index (κ3) is 7.31. The Balaban J connectivity index is 1.92. The molecule has 2 rings (SSSR count). The van der Waals surface area contributed by atoms with Crippen LogP contribution in [0.5, 0.6) is 11.5 Å². The van der Waals surface area contributed by atoms with Crippen LogP contribution >= 0.6 is 12.2 Å². The van der Waals surface area contributed by atoms with E-state index in [-0.39, 0.29) is 5.92 Å². The summed E-state index contributed by atoms with van der Waals surface area (Å²) >= 11 is 5.26. The largest absolute Gasteiger partial charge is 0.493 e. The molecule has 0 aliphatic rings. The van der Waals surface area contributed by atoms with Crippen molar-refractivity contribution in [3.05, 3.63) is 34.4 Å². The van der Waals surface area contributed by atoms with Gasteiger partial charge in [0.1, 0.15) is 0 Å². The van der Waals surface area contributed by atoms with Crippen molar-refractivity contribution in [3.63, 3.8) is 0 Å². The van der Waals surface area contributed by atoms with E-state index in [1.807, 2.05) is 18.2 Å². The molecular weight excluding hydrogens is 384 g/mol. The highest BCUT2D eigenvalue weighted by atomic mass is 32.1. The van der Waals surface area contributed by atoms with Gasteiger partial charge in [-0.25, -0.2) is 0 Å². The van der Waals surface area contributed by atoms with E-state index in [9.17, 15) is 0 Å². The Labute approximate surface area is 179 Å². The van der Waals surface area contributed by atoms with Gasteiger partial charge in [-0.3, -0.25) is 5.10 Å². The quantitative estimate of drug-likeness (QED) is 0.243. The van der Waals surface area contributed by atoms with Crippen LogP contribution in [0, 0.1) is 4.77 Å². The number of H-pyrrole nitrogens is 1. The highest BCUT2D eigenvalue weighted by Gasteiger charge is 2.09. The fourth-order valence-corrected chi connectivity index (χ4v) is 3.22. The van der Waals surface area contributed by atoms with E-state index in [1.54, 1.807) is 18.0 Å². The maximum atomic E-state index is 5.92. The number of ether oxygens (including phenoxy) is 2. The average molecular weight is 419 g/mol. The number of nitrogens with zero attached hydrogens (tertiary/aromatic N) is 3. The second kappa shape index (κ2) is 12.4. The van der Waals surface area contributed by atoms with E-state index in [0.29, 0.717) is 17.1 Å². The van der Waals surface area contributed by atoms with Crippen LogP contribution in [0.1, 0.15) is 83.0 Å². The molecule has 160 valence electrons. The first-order valence-corrected chi connectivity index (χ1v) is 11.0. The highest BCUT2D eigenvalue weighted by Crippen LogP contribution is 2.28. The van der Waals surface area contributed by atoms with Gasteiger partial charge < -0.3 is 9.47 Å². The lowest BCUT2D eigenvalue weighted by Crippen LogP contribution is -2.02. The number of aromatic amines is 1. The predicted molar refractivity (Wildman–Crippen MR) is 121 cm³/mol. The maximum Gasteiger partial charge on any atom is 0.216 e. The molecule has 0 unspecified atom stereocenters. The Morgan fingerprint density at radius 1 is 1.14 bits per heavy atom. The van der Waals surface area contributed by atoms with Crippen LogP contribution in [0.2, 0.25) is 0 Å². The molecule has 0 saturated carbocycles. The molecule has 1 aromatic carbocycles. The summed E-state index contributed by atoms with van der Waals surface area (Å²) in [4.78, 5) is 0. The number of methoxy groups -OCH3 is 1. The lowest BCUT2D eigenvalue weighted by atomic mass is 10.1. The molecule has 0 radical (unpaired) electrons. The summed E-state index contributed by atoms with van der Waals surface area (Å²) in [5.41, 5.74) is 0.905. The summed E-state index contributed by atoms with van der Waals surface area (Å²) in [5.74, 6) is 2.49. The Morgan fingerprint density at radius 3 is 2.55 bits per heavy atom. The first-order valence-electron chi connectivity index (χ1n) is 10.6. The van der Waals surface area contributed by atoms with Crippen molar-refractivity contribution in [1.82, 2.24) is 14.9 Å². The number of unbranched alkanes of at least 4 members (excludes halogenated alkanes) is 6. The zero-order valence-electron chi connectivity index (χ0n) is 18.1. The van der Waals surface area contributed by atoms with Gasteiger partial charge in [0.2, 0.25) is 4.77 Å². The molecule has 6 nitrogen and oxygen atoms in total. The number of rotatable bonds is 13. The van der Waals surface area contributed by atoms with Crippen molar-refractivity contribution in [3.8, 4) is 11.5 Å². The molecule has 0 aliphatic carbocycles. The van der Waals surface area contributed by atoms with Gasteiger partial charge in [0.05, 0.1) is 19.9 Å². The molecule has 2 aromatic rings. The van der Waals surface area contributed by atoms with Crippen LogP contribution in [0.25, 0.3) is 0 Å². The van der Waals surface area contributed by atoms with Crippen molar-refractivity contribution in [2.75, 3.05) is 13.7 Å². The van der Waals surface area contributed by atoms with E-state index >= 15 is 0 Å². The number of benzene rings is 1. The SMILES string of the molecule is CCCCCCCCCOc1ccc(/C=N\n2c(C(C)C)n[nH]c2=S)cc1OC. The summed E-state index contributed by atoms with van der Waals surface area (Å²) in [6, 6.07) is 5.81. The van der Waals surface area contributed by atoms with Gasteiger partial charge in [0.15, 0.2) is 17.3 Å². The van der Waals surface area contributed by atoms with Crippen molar-refractivity contribution < 1.29 is 9.47 Å². The first-order chi connectivity index (χ1) is 14.1. The van der Waals surface area contributed by atoms with Gasteiger partial charge >= 0.3 is 0 Å². The van der Waals surface area contributed by atoms with Gasteiger partial charge in [-0.15, -0.1) is 0 Å². The third-order valence-corrected chi connectivity index (χ3v) is 4.97. The number of hydrogen-bond acceptors (Lipinski definition) is 5. The van der Waals surface area contributed by atoms with Crippen molar-refractivity contribution in [2.45, 2.75) is 71.6 Å². The third-order valence-electron chi connectivity index (χ3n) is 4.71. The minimum atomic E-state index is 0.219. The Kier molecular flexibility index (Phi) is 9.91. The Bertz CT molecular complexity index is 826.